The van der Waals surface area contributed by atoms with Crippen LogP contribution in [0.3, 0.4) is 0 Å². The normalized spacial score (nSPS) is 12.2. The van der Waals surface area contributed by atoms with Crippen LogP contribution in [0.25, 0.3) is 21.8 Å². The van der Waals surface area contributed by atoms with Crippen LogP contribution >= 0.6 is 0 Å². The molecule has 0 aliphatic carbocycles. The van der Waals surface area contributed by atoms with Crippen molar-refractivity contribution in [2.75, 3.05) is 0 Å². The molecule has 0 amide bonds. The van der Waals surface area contributed by atoms with Gasteiger partial charge in [-0.1, -0.05) is 67.8 Å². The van der Waals surface area contributed by atoms with E-state index < -0.39 is 0 Å². The van der Waals surface area contributed by atoms with E-state index in [4.69, 9.17) is 4.98 Å². The predicted molar refractivity (Wildman–Crippen MR) is 160 cm³/mol. The summed E-state index contributed by atoms with van der Waals surface area (Å²) in [5.41, 5.74) is 14.8. The zero-order valence-corrected chi connectivity index (χ0v) is 26.2. The van der Waals surface area contributed by atoms with Gasteiger partial charge in [0.25, 0.3) is 12.4 Å². The number of aryl methyl sites for hydroxylation is 8. The molecule has 5 aromatic rings. The van der Waals surface area contributed by atoms with Crippen molar-refractivity contribution >= 4 is 39.2 Å². The quantitative estimate of drug-likeness (QED) is 0.134. The Hall–Kier alpha value is -3.46. The van der Waals surface area contributed by atoms with Crippen LogP contribution in [0.15, 0.2) is 73.1 Å². The summed E-state index contributed by atoms with van der Waals surface area (Å²) >= 11 is 0. The van der Waals surface area contributed by atoms with E-state index in [0.717, 1.165) is 22.4 Å². The molecule has 0 saturated carbocycles. The molecule has 6 rings (SSSR count). The molecule has 3 nitrogen and oxygen atoms in total. The zero-order chi connectivity index (χ0) is 27.1. The first-order valence-corrected chi connectivity index (χ1v) is 13.2. The summed E-state index contributed by atoms with van der Waals surface area (Å²) in [5, 5.41) is 2.59. The minimum absolute atomic E-state index is 0. The van der Waals surface area contributed by atoms with Crippen molar-refractivity contribution < 1.29 is 31.5 Å². The maximum atomic E-state index is 4.80. The second-order valence-electron chi connectivity index (χ2n) is 10.9. The molecule has 0 fully saturated rings. The van der Waals surface area contributed by atoms with Gasteiger partial charge in [-0.05, 0) is 88.4 Å². The van der Waals surface area contributed by atoms with Gasteiger partial charge >= 0.3 is 28.4 Å². The Bertz CT molecular complexity index is 1660. The van der Waals surface area contributed by atoms with E-state index >= 15 is 0 Å². The minimum Gasteiger partial charge on any atom is -0.656 e. The van der Waals surface area contributed by atoms with Crippen LogP contribution in [-0.2, 0) is 22.4 Å². The average molecular weight is 696 g/mol. The van der Waals surface area contributed by atoms with Gasteiger partial charge in [-0.3, -0.25) is 0 Å². The van der Waals surface area contributed by atoms with Crippen LogP contribution in [0, 0.1) is 55.4 Å². The van der Waals surface area contributed by atoms with Crippen molar-refractivity contribution in [2.45, 2.75) is 55.4 Å². The van der Waals surface area contributed by atoms with Gasteiger partial charge in [0.1, 0.15) is 0 Å². The SMILES string of the molecule is Cc1cc(C)c2[n-]c3c(C)cc(C)cc3c2c1.Cc1cc(C)cc([N+]2=C=[N+](c3cc(C)cc(C)c3)C=C2)c1.[Au+]. The zero-order valence-electron chi connectivity index (χ0n) is 24.1. The average Bonchev–Trinajstić information content (AvgIpc) is 3.45. The summed E-state index contributed by atoms with van der Waals surface area (Å²) < 4.78 is 4.08. The standard InChI is InChI=1S/C19H20N2.C16H16N.Au/c1-14-7-15(2)10-18(9-14)20-5-6-21(13-20)19-11-16(3)8-17(4)12-19;1-9-5-11(3)15-13(7-9)14-8-10(2)6-12(4)16(14)17-15;/h5-12H,1-4H3;5-8H,1-4H3;/q+2;-1;+1. The van der Waals surface area contributed by atoms with Crippen molar-refractivity contribution in [1.82, 2.24) is 4.98 Å². The Labute approximate surface area is 247 Å². The van der Waals surface area contributed by atoms with Gasteiger partial charge in [0.05, 0.1) is 0 Å². The smallest absolute Gasteiger partial charge is 0.656 e. The third kappa shape index (κ3) is 6.08. The summed E-state index contributed by atoms with van der Waals surface area (Å²) in [6, 6.07) is 25.4. The number of hydrogen-bond acceptors (Lipinski definition) is 0. The van der Waals surface area contributed by atoms with Crippen LogP contribution in [0.1, 0.15) is 44.5 Å². The van der Waals surface area contributed by atoms with Gasteiger partial charge in [-0.2, -0.15) is 0 Å². The van der Waals surface area contributed by atoms with E-state index in [1.165, 1.54) is 55.3 Å². The molecule has 0 N–H and O–H groups in total. The summed E-state index contributed by atoms with van der Waals surface area (Å²) in [5.74, 6) is 0. The Morgan fingerprint density at radius 1 is 0.462 bits per heavy atom. The predicted octanol–water partition coefficient (Wildman–Crippen LogP) is 8.75. The summed E-state index contributed by atoms with van der Waals surface area (Å²) in [4.78, 5) is 4.80. The van der Waals surface area contributed by atoms with Crippen LogP contribution in [0.2, 0.25) is 0 Å². The van der Waals surface area contributed by atoms with E-state index in [0.29, 0.717) is 0 Å². The number of nitrogens with zero attached hydrogens (tertiary/aromatic N) is 3. The molecule has 0 unspecified atom stereocenters. The van der Waals surface area contributed by atoms with Crippen molar-refractivity contribution in [3.05, 3.63) is 118 Å². The molecule has 0 saturated heterocycles. The molecule has 4 aromatic carbocycles. The first kappa shape index (κ1) is 28.5. The first-order chi connectivity index (χ1) is 18.1. The maximum absolute atomic E-state index is 4.80. The van der Waals surface area contributed by atoms with Gasteiger partial charge < -0.3 is 4.98 Å². The largest absolute Gasteiger partial charge is 1.00 e. The molecule has 39 heavy (non-hydrogen) atoms. The molecule has 0 atom stereocenters. The summed E-state index contributed by atoms with van der Waals surface area (Å²) in [6.45, 7) is 17.1. The van der Waals surface area contributed by atoms with Gasteiger partial charge in [-0.15, -0.1) is 11.0 Å². The third-order valence-electron chi connectivity index (χ3n) is 6.95. The second kappa shape index (κ2) is 11.3. The number of fused-ring (bicyclic) bond motifs is 3. The van der Waals surface area contributed by atoms with E-state index in [9.17, 15) is 0 Å². The molecular weight excluding hydrogens is 659 g/mol. The molecule has 1 aromatic heterocycles. The minimum atomic E-state index is 0. The number of hydrogen-bond donors (Lipinski definition) is 0. The van der Waals surface area contributed by atoms with Crippen molar-refractivity contribution in [3.8, 4) is 0 Å². The topological polar surface area (TPSA) is 20.1 Å². The number of rotatable bonds is 2. The van der Waals surface area contributed by atoms with Gasteiger partial charge in [0.15, 0.2) is 0 Å². The molecule has 1 aliphatic heterocycles. The Kier molecular flexibility index (Phi) is 8.30. The van der Waals surface area contributed by atoms with Crippen molar-refractivity contribution in [2.24, 2.45) is 0 Å². The Balaban J connectivity index is 0.000000180. The molecule has 1 aliphatic rings. The molecule has 200 valence electrons. The monoisotopic (exact) mass is 695 g/mol. The molecule has 0 spiro atoms. The van der Waals surface area contributed by atoms with Crippen molar-refractivity contribution in [1.29, 1.82) is 0 Å². The Morgan fingerprint density at radius 3 is 1.15 bits per heavy atom. The van der Waals surface area contributed by atoms with E-state index in [1.54, 1.807) is 0 Å². The van der Waals surface area contributed by atoms with E-state index in [1.807, 2.05) is 21.6 Å². The third-order valence-corrected chi connectivity index (χ3v) is 6.95. The van der Waals surface area contributed by atoms with Gasteiger partial charge in [0, 0.05) is 24.3 Å². The fraction of sp³-hybridized carbons (Fsp3) is 0.229. The van der Waals surface area contributed by atoms with Crippen LogP contribution < -0.4 is 4.98 Å². The number of benzene rings is 4. The molecular formula is C35H36AuN3+2. The van der Waals surface area contributed by atoms with E-state index in [2.05, 4.69) is 122 Å². The van der Waals surface area contributed by atoms with Crippen LogP contribution in [0.5, 0.6) is 0 Å². The number of aromatic nitrogens is 1. The Morgan fingerprint density at radius 2 is 0.795 bits per heavy atom. The van der Waals surface area contributed by atoms with Gasteiger partial charge in [-0.25, -0.2) is 0 Å². The first-order valence-electron chi connectivity index (χ1n) is 13.2. The van der Waals surface area contributed by atoms with E-state index in [-0.39, 0.29) is 22.4 Å². The van der Waals surface area contributed by atoms with Crippen molar-refractivity contribution in [3.63, 3.8) is 0 Å². The fourth-order valence-corrected chi connectivity index (χ4v) is 5.52. The molecule has 2 heterocycles. The van der Waals surface area contributed by atoms with Crippen LogP contribution in [-0.4, -0.2) is 15.2 Å². The molecule has 4 heteroatoms. The maximum Gasteiger partial charge on any atom is 1.00 e. The molecule has 0 radical (unpaired) electrons. The van der Waals surface area contributed by atoms with Gasteiger partial charge in [0.2, 0.25) is 11.4 Å². The second-order valence-corrected chi connectivity index (χ2v) is 10.9. The summed E-state index contributed by atoms with van der Waals surface area (Å²) in [6.07, 6.45) is 4.10. The fourth-order valence-electron chi connectivity index (χ4n) is 5.52. The van der Waals surface area contributed by atoms with Crippen LogP contribution in [0.4, 0.5) is 11.4 Å². The summed E-state index contributed by atoms with van der Waals surface area (Å²) in [7, 11) is 0. The molecule has 0 bridgehead atoms.